The van der Waals surface area contributed by atoms with Crippen molar-refractivity contribution in [2.75, 3.05) is 18.6 Å². The smallest absolute Gasteiger partial charge is 0.147 e. The van der Waals surface area contributed by atoms with Gasteiger partial charge in [0, 0.05) is 47.0 Å². The minimum Gasteiger partial charge on any atom is -0.353 e. The Labute approximate surface area is 237 Å². The summed E-state index contributed by atoms with van der Waals surface area (Å²) in [6.45, 7) is 3.74. The van der Waals surface area contributed by atoms with Crippen molar-refractivity contribution < 1.29 is 12.8 Å². The number of rotatable bonds is 9. The number of hydrogen-bond donors (Lipinski definition) is 3. The summed E-state index contributed by atoms with van der Waals surface area (Å²) >= 11 is 0. The first kappa shape index (κ1) is 26.9. The molecule has 0 radical (unpaired) electrons. The van der Waals surface area contributed by atoms with Gasteiger partial charge in [-0.25, -0.2) is 12.8 Å². The van der Waals surface area contributed by atoms with Gasteiger partial charge in [0.15, 0.2) is 0 Å². The number of halogens is 1. The van der Waals surface area contributed by atoms with E-state index in [0.717, 1.165) is 68.5 Å². The van der Waals surface area contributed by atoms with Crippen LogP contribution in [0.1, 0.15) is 18.1 Å². The predicted octanol–water partition coefficient (Wildman–Crippen LogP) is 6.28. The topological polar surface area (TPSA) is 104 Å². The highest BCUT2D eigenvalue weighted by Crippen LogP contribution is 2.36. The van der Waals surface area contributed by atoms with E-state index in [0.29, 0.717) is 11.1 Å². The number of H-pyrrole nitrogens is 2. The highest BCUT2D eigenvalue weighted by atomic mass is 32.2. The fourth-order valence-corrected chi connectivity index (χ4v) is 5.80. The van der Waals surface area contributed by atoms with E-state index in [2.05, 4.69) is 50.6 Å². The minimum atomic E-state index is -3.16. The monoisotopic (exact) mass is 567 g/mol. The molecule has 3 N–H and O–H groups in total. The minimum absolute atomic E-state index is 0.0292. The van der Waals surface area contributed by atoms with Gasteiger partial charge < -0.3 is 10.3 Å². The van der Waals surface area contributed by atoms with Crippen molar-refractivity contribution in [1.82, 2.24) is 25.5 Å². The number of nitrogens with zero attached hydrogens (tertiary/aromatic N) is 2. The summed E-state index contributed by atoms with van der Waals surface area (Å²) in [6.07, 6.45) is 5.20. The summed E-state index contributed by atoms with van der Waals surface area (Å²) in [7, 11) is -3.16. The fraction of sp³-hybridized carbons (Fsp3) is 0.188. The number of aromatic nitrogens is 4. The molecule has 0 saturated carbocycles. The molecule has 0 atom stereocenters. The third-order valence-electron chi connectivity index (χ3n) is 7.22. The van der Waals surface area contributed by atoms with E-state index in [4.69, 9.17) is 0 Å². The number of benzene rings is 3. The average Bonchev–Trinajstić information content (AvgIpc) is 3.58. The van der Waals surface area contributed by atoms with Crippen LogP contribution in [0.25, 0.3) is 55.4 Å². The number of nitrogens with one attached hydrogen (secondary N) is 3. The quantitative estimate of drug-likeness (QED) is 0.191. The molecule has 3 aromatic heterocycles. The van der Waals surface area contributed by atoms with Crippen LogP contribution in [0, 0.1) is 5.82 Å². The van der Waals surface area contributed by atoms with Gasteiger partial charge in [0.1, 0.15) is 21.3 Å². The highest BCUT2D eigenvalue weighted by Gasteiger charge is 2.16. The number of aryl methyl sites for hydroxylation is 1. The molecule has 0 fully saturated rings. The van der Waals surface area contributed by atoms with E-state index in [9.17, 15) is 12.8 Å². The van der Waals surface area contributed by atoms with E-state index in [1.807, 2.05) is 48.8 Å². The second-order valence-electron chi connectivity index (χ2n) is 10.4. The van der Waals surface area contributed by atoms with Crippen molar-refractivity contribution in [2.45, 2.75) is 19.9 Å². The third-order valence-corrected chi connectivity index (χ3v) is 8.17. The van der Waals surface area contributed by atoms with Gasteiger partial charge in [0.05, 0.1) is 17.0 Å². The first-order chi connectivity index (χ1) is 19.8. The third kappa shape index (κ3) is 5.77. The van der Waals surface area contributed by atoms with Gasteiger partial charge in [-0.2, -0.15) is 5.10 Å². The molecule has 6 rings (SSSR count). The second kappa shape index (κ2) is 10.9. The van der Waals surface area contributed by atoms with Crippen LogP contribution in [0.5, 0.6) is 0 Å². The molecule has 6 aromatic rings. The van der Waals surface area contributed by atoms with E-state index in [-0.39, 0.29) is 12.2 Å². The second-order valence-corrected chi connectivity index (χ2v) is 12.6. The maximum Gasteiger partial charge on any atom is 0.147 e. The van der Waals surface area contributed by atoms with Crippen molar-refractivity contribution in [2.24, 2.45) is 0 Å². The van der Waals surface area contributed by atoms with Crippen LogP contribution in [0.2, 0.25) is 0 Å². The van der Waals surface area contributed by atoms with Crippen LogP contribution in [-0.2, 0) is 22.8 Å². The maximum absolute atomic E-state index is 14.6. The number of aromatic amines is 2. The normalized spacial score (nSPS) is 12.0. The summed E-state index contributed by atoms with van der Waals surface area (Å²) in [6, 6.07) is 21.0. The van der Waals surface area contributed by atoms with E-state index in [1.54, 1.807) is 0 Å². The summed E-state index contributed by atoms with van der Waals surface area (Å²) in [5, 5.41) is 13.0. The zero-order valence-corrected chi connectivity index (χ0v) is 23.6. The molecule has 208 valence electrons. The Morgan fingerprint density at radius 3 is 2.56 bits per heavy atom. The lowest BCUT2D eigenvalue weighted by Crippen LogP contribution is -2.11. The molecule has 0 bridgehead atoms. The number of hydrogen-bond acceptors (Lipinski definition) is 5. The Morgan fingerprint density at radius 2 is 1.73 bits per heavy atom. The van der Waals surface area contributed by atoms with Gasteiger partial charge in [-0.05, 0) is 83.2 Å². The van der Waals surface area contributed by atoms with Gasteiger partial charge in [-0.15, -0.1) is 0 Å². The largest absolute Gasteiger partial charge is 0.353 e. The molecule has 0 aliphatic carbocycles. The first-order valence-corrected chi connectivity index (χ1v) is 15.6. The van der Waals surface area contributed by atoms with Crippen molar-refractivity contribution in [3.05, 3.63) is 96.1 Å². The Bertz CT molecular complexity index is 1990. The molecule has 0 aliphatic rings. The Balaban J connectivity index is 1.39. The average molecular weight is 568 g/mol. The van der Waals surface area contributed by atoms with Crippen LogP contribution in [-0.4, -0.2) is 47.1 Å². The SMILES string of the molecule is CCNCc1cncc(-c2ccc3[nH]nc(-c4cc5c(-c6cc(F)cc(CCS(C)(=O)=O)c6)cccc5[nH]4)c3c2)c1. The van der Waals surface area contributed by atoms with Gasteiger partial charge in [-0.1, -0.05) is 31.2 Å². The first-order valence-electron chi connectivity index (χ1n) is 13.5. The summed E-state index contributed by atoms with van der Waals surface area (Å²) in [5.41, 5.74) is 8.84. The maximum atomic E-state index is 14.6. The van der Waals surface area contributed by atoms with Crippen LogP contribution in [0.4, 0.5) is 4.39 Å². The van der Waals surface area contributed by atoms with E-state index >= 15 is 0 Å². The molecule has 0 unspecified atom stereocenters. The fourth-order valence-electron chi connectivity index (χ4n) is 5.20. The molecule has 0 saturated heterocycles. The molecule has 41 heavy (non-hydrogen) atoms. The predicted molar refractivity (Wildman–Crippen MR) is 163 cm³/mol. The van der Waals surface area contributed by atoms with Crippen LogP contribution < -0.4 is 5.32 Å². The number of pyridine rings is 1. The lowest BCUT2D eigenvalue weighted by Gasteiger charge is -2.08. The van der Waals surface area contributed by atoms with Crippen molar-refractivity contribution in [3.63, 3.8) is 0 Å². The highest BCUT2D eigenvalue weighted by molar-refractivity contribution is 7.90. The van der Waals surface area contributed by atoms with Gasteiger partial charge in [-0.3, -0.25) is 10.1 Å². The van der Waals surface area contributed by atoms with Crippen molar-refractivity contribution in [3.8, 4) is 33.6 Å². The van der Waals surface area contributed by atoms with Gasteiger partial charge in [0.25, 0.3) is 0 Å². The molecule has 9 heteroatoms. The lowest BCUT2D eigenvalue weighted by molar-refractivity contribution is 0.600. The van der Waals surface area contributed by atoms with Gasteiger partial charge >= 0.3 is 0 Å². The number of fused-ring (bicyclic) bond motifs is 2. The van der Waals surface area contributed by atoms with Crippen molar-refractivity contribution in [1.29, 1.82) is 0 Å². The molecule has 3 heterocycles. The molecule has 0 spiro atoms. The Morgan fingerprint density at radius 1 is 0.878 bits per heavy atom. The zero-order chi connectivity index (χ0) is 28.6. The molecule has 0 amide bonds. The molecule has 7 nitrogen and oxygen atoms in total. The van der Waals surface area contributed by atoms with Crippen LogP contribution in [0.3, 0.4) is 0 Å². The van der Waals surface area contributed by atoms with Crippen LogP contribution in [0.15, 0.2) is 79.1 Å². The number of sulfone groups is 1. The van der Waals surface area contributed by atoms with Gasteiger partial charge in [0.2, 0.25) is 0 Å². The molecular formula is C32H30FN5O2S. The summed E-state index contributed by atoms with van der Waals surface area (Å²) in [5.74, 6) is -0.424. The molecule has 0 aliphatic heterocycles. The Kier molecular flexibility index (Phi) is 7.15. The standard InChI is InChI=1S/C32H30FN5O2S/c1-3-34-17-21-12-24(19-35-18-21)22-7-8-30-28(15-22)32(38-37-30)31-16-27-26(5-4-6-29(27)36-31)23-11-20(13-25(33)14-23)9-10-41(2,39)40/h4-8,11-16,18-19,34,36H,3,9-10,17H2,1-2H3,(H,37,38). The molecule has 3 aromatic carbocycles. The summed E-state index contributed by atoms with van der Waals surface area (Å²) < 4.78 is 38.0. The van der Waals surface area contributed by atoms with E-state index < -0.39 is 15.7 Å². The molecular weight excluding hydrogens is 537 g/mol. The summed E-state index contributed by atoms with van der Waals surface area (Å²) in [4.78, 5) is 7.93. The van der Waals surface area contributed by atoms with E-state index in [1.165, 1.54) is 18.4 Å². The van der Waals surface area contributed by atoms with Crippen molar-refractivity contribution >= 4 is 31.6 Å². The lowest BCUT2D eigenvalue weighted by atomic mass is 9.98. The zero-order valence-electron chi connectivity index (χ0n) is 22.8. The Hall–Kier alpha value is -4.34. The van der Waals surface area contributed by atoms with Crippen LogP contribution >= 0.6 is 0 Å².